The number of piperazine rings is 1. The molecule has 3 aliphatic rings. The highest BCUT2D eigenvalue weighted by Crippen LogP contribution is 2.40. The predicted octanol–water partition coefficient (Wildman–Crippen LogP) is 5.27. The van der Waals surface area contributed by atoms with Gasteiger partial charge in [-0.25, -0.2) is 0 Å². The van der Waals surface area contributed by atoms with Crippen molar-refractivity contribution in [2.45, 2.75) is 98.4 Å². The minimum absolute atomic E-state index is 0.295. The smallest absolute Gasteiger partial charge is 0.225 e. The molecule has 4 heteroatoms. The average molecular weight is 434 g/mol. The molecule has 0 aromatic carbocycles. The Bertz CT molecular complexity index is 552. The van der Waals surface area contributed by atoms with Crippen LogP contribution in [0.25, 0.3) is 0 Å². The van der Waals surface area contributed by atoms with Crippen molar-refractivity contribution in [3.63, 3.8) is 0 Å². The van der Waals surface area contributed by atoms with E-state index in [0.29, 0.717) is 22.8 Å². The maximum absolute atomic E-state index is 13.0. The third-order valence-corrected chi connectivity index (χ3v) is 8.64. The highest BCUT2D eigenvalue weighted by molar-refractivity contribution is 5.79. The summed E-state index contributed by atoms with van der Waals surface area (Å²) >= 11 is 0. The Hall–Kier alpha value is -0.610. The summed E-state index contributed by atoms with van der Waals surface area (Å²) in [6.45, 7) is 21.9. The summed E-state index contributed by atoms with van der Waals surface area (Å²) in [6, 6.07) is 0. The first-order valence-corrected chi connectivity index (χ1v) is 13.3. The number of hydrogen-bond donors (Lipinski definition) is 0. The van der Waals surface area contributed by atoms with Crippen molar-refractivity contribution in [1.82, 2.24) is 14.7 Å². The Morgan fingerprint density at radius 1 is 0.774 bits per heavy atom. The Labute approximate surface area is 193 Å². The number of hydrogen-bond acceptors (Lipinski definition) is 3. The SMILES string of the molecule is CC(C)(C)C1CCC(C(=O)N2CCN(CCCC3CCN(C(C)(C)C)CC3)CC2)CC1. The highest BCUT2D eigenvalue weighted by Gasteiger charge is 2.34. The third kappa shape index (κ3) is 7.19. The van der Waals surface area contributed by atoms with Crippen LogP contribution in [0.4, 0.5) is 0 Å². The maximum atomic E-state index is 13.0. The van der Waals surface area contributed by atoms with Gasteiger partial charge in [-0.2, -0.15) is 0 Å². The molecule has 0 spiro atoms. The molecular formula is C27H51N3O. The van der Waals surface area contributed by atoms with Crippen LogP contribution in [0.3, 0.4) is 0 Å². The molecule has 0 radical (unpaired) electrons. The molecule has 180 valence electrons. The van der Waals surface area contributed by atoms with Crippen LogP contribution in [0.2, 0.25) is 0 Å². The molecule has 31 heavy (non-hydrogen) atoms. The molecule has 2 saturated heterocycles. The quantitative estimate of drug-likeness (QED) is 0.591. The molecule has 3 fully saturated rings. The second-order valence-corrected chi connectivity index (χ2v) is 12.8. The fraction of sp³-hybridized carbons (Fsp3) is 0.963. The molecule has 3 rings (SSSR count). The van der Waals surface area contributed by atoms with Crippen LogP contribution >= 0.6 is 0 Å². The van der Waals surface area contributed by atoms with Crippen LogP contribution in [0.1, 0.15) is 92.9 Å². The summed E-state index contributed by atoms with van der Waals surface area (Å²) in [5.74, 6) is 2.46. The largest absolute Gasteiger partial charge is 0.340 e. The zero-order valence-corrected chi connectivity index (χ0v) is 21.6. The van der Waals surface area contributed by atoms with Crippen LogP contribution in [0.5, 0.6) is 0 Å². The van der Waals surface area contributed by atoms with Crippen molar-refractivity contribution >= 4 is 5.91 Å². The molecule has 0 unspecified atom stereocenters. The van der Waals surface area contributed by atoms with Crippen LogP contribution in [0, 0.1) is 23.2 Å². The molecule has 2 aliphatic heterocycles. The number of amides is 1. The van der Waals surface area contributed by atoms with Crippen molar-refractivity contribution < 1.29 is 4.79 Å². The van der Waals surface area contributed by atoms with Crippen molar-refractivity contribution in [3.05, 3.63) is 0 Å². The molecule has 0 bridgehead atoms. The molecule has 1 amide bonds. The van der Waals surface area contributed by atoms with Gasteiger partial charge < -0.3 is 4.90 Å². The van der Waals surface area contributed by atoms with Crippen LogP contribution in [0.15, 0.2) is 0 Å². The minimum atomic E-state index is 0.295. The minimum Gasteiger partial charge on any atom is -0.340 e. The van der Waals surface area contributed by atoms with E-state index >= 15 is 0 Å². The number of piperidine rings is 1. The van der Waals surface area contributed by atoms with Crippen molar-refractivity contribution in [3.8, 4) is 0 Å². The van der Waals surface area contributed by atoms with Gasteiger partial charge in [-0.1, -0.05) is 20.8 Å². The molecule has 0 N–H and O–H groups in total. The second-order valence-electron chi connectivity index (χ2n) is 12.8. The van der Waals surface area contributed by atoms with E-state index in [1.54, 1.807) is 0 Å². The Balaban J connectivity index is 1.29. The topological polar surface area (TPSA) is 26.8 Å². The second kappa shape index (κ2) is 10.5. The monoisotopic (exact) mass is 433 g/mol. The first-order valence-electron chi connectivity index (χ1n) is 13.3. The van der Waals surface area contributed by atoms with Crippen LogP contribution in [-0.4, -0.2) is 72.0 Å². The van der Waals surface area contributed by atoms with Gasteiger partial charge in [0.1, 0.15) is 0 Å². The van der Waals surface area contributed by atoms with Gasteiger partial charge in [0.05, 0.1) is 0 Å². The highest BCUT2D eigenvalue weighted by atomic mass is 16.2. The van der Waals surface area contributed by atoms with Gasteiger partial charge in [0, 0.05) is 37.6 Å². The van der Waals surface area contributed by atoms with E-state index in [1.807, 2.05) is 0 Å². The predicted molar refractivity (Wildman–Crippen MR) is 131 cm³/mol. The summed E-state index contributed by atoms with van der Waals surface area (Å²) < 4.78 is 0. The fourth-order valence-electron chi connectivity index (χ4n) is 6.15. The molecule has 0 atom stereocenters. The normalized spacial score (nSPS) is 28.1. The lowest BCUT2D eigenvalue weighted by atomic mass is 9.69. The lowest BCUT2D eigenvalue weighted by molar-refractivity contribution is -0.139. The van der Waals surface area contributed by atoms with Gasteiger partial charge in [-0.05, 0) is 109 Å². The summed E-state index contributed by atoms with van der Waals surface area (Å²) in [6.07, 6.45) is 10.1. The fourth-order valence-corrected chi connectivity index (χ4v) is 6.15. The van der Waals surface area contributed by atoms with E-state index in [-0.39, 0.29) is 0 Å². The number of carbonyl (C=O) groups is 1. The van der Waals surface area contributed by atoms with Crippen LogP contribution < -0.4 is 0 Å². The van der Waals surface area contributed by atoms with Gasteiger partial charge in [0.2, 0.25) is 5.91 Å². The summed E-state index contributed by atoms with van der Waals surface area (Å²) in [5.41, 5.74) is 0.719. The van der Waals surface area contributed by atoms with Gasteiger partial charge in [0.25, 0.3) is 0 Å². The lowest BCUT2D eigenvalue weighted by Crippen LogP contribution is -2.51. The summed E-state index contributed by atoms with van der Waals surface area (Å²) in [7, 11) is 0. The van der Waals surface area contributed by atoms with Crippen molar-refractivity contribution in [2.75, 3.05) is 45.8 Å². The Kier molecular flexibility index (Phi) is 8.51. The van der Waals surface area contributed by atoms with Gasteiger partial charge in [-0.15, -0.1) is 0 Å². The first-order chi connectivity index (χ1) is 14.5. The van der Waals surface area contributed by atoms with E-state index in [4.69, 9.17) is 0 Å². The Morgan fingerprint density at radius 2 is 1.35 bits per heavy atom. The van der Waals surface area contributed by atoms with E-state index in [0.717, 1.165) is 50.9 Å². The zero-order chi connectivity index (χ0) is 22.6. The van der Waals surface area contributed by atoms with E-state index in [2.05, 4.69) is 56.2 Å². The molecule has 1 aliphatic carbocycles. The molecule has 0 aromatic heterocycles. The maximum Gasteiger partial charge on any atom is 0.225 e. The summed E-state index contributed by atoms with van der Waals surface area (Å²) in [4.78, 5) is 20.5. The van der Waals surface area contributed by atoms with Crippen molar-refractivity contribution in [2.24, 2.45) is 23.2 Å². The van der Waals surface area contributed by atoms with E-state index in [1.165, 1.54) is 58.2 Å². The van der Waals surface area contributed by atoms with E-state index < -0.39 is 0 Å². The number of rotatable bonds is 5. The standard InChI is InChI=1S/C27H51N3O/c1-26(2,3)24-11-9-23(10-12-24)25(31)29-20-18-28(19-21-29)15-7-8-22-13-16-30(17-14-22)27(4,5)6/h22-24H,7-21H2,1-6H3. The number of nitrogens with zero attached hydrogens (tertiary/aromatic N) is 3. The molecule has 4 nitrogen and oxygen atoms in total. The van der Waals surface area contributed by atoms with Crippen molar-refractivity contribution in [1.29, 1.82) is 0 Å². The number of carbonyl (C=O) groups excluding carboxylic acids is 1. The molecule has 0 aromatic rings. The lowest BCUT2D eigenvalue weighted by Gasteiger charge is -2.41. The van der Waals surface area contributed by atoms with Gasteiger partial charge in [-0.3, -0.25) is 14.6 Å². The third-order valence-electron chi connectivity index (χ3n) is 8.64. The zero-order valence-electron chi connectivity index (χ0n) is 21.6. The molecule has 1 saturated carbocycles. The average Bonchev–Trinajstić information content (AvgIpc) is 2.73. The summed E-state index contributed by atoms with van der Waals surface area (Å²) in [5, 5.41) is 0. The first kappa shape index (κ1) is 25.0. The van der Waals surface area contributed by atoms with Crippen LogP contribution in [-0.2, 0) is 4.79 Å². The molecule has 2 heterocycles. The van der Waals surface area contributed by atoms with E-state index in [9.17, 15) is 4.79 Å². The number of likely N-dealkylation sites (tertiary alicyclic amines) is 1. The molecular weight excluding hydrogens is 382 g/mol. The van der Waals surface area contributed by atoms with Gasteiger partial charge >= 0.3 is 0 Å². The Morgan fingerprint density at radius 3 is 1.87 bits per heavy atom. The van der Waals surface area contributed by atoms with Gasteiger partial charge in [0.15, 0.2) is 0 Å².